The summed E-state index contributed by atoms with van der Waals surface area (Å²) >= 11 is 0. The quantitative estimate of drug-likeness (QED) is 0.531. The topological polar surface area (TPSA) is 88.7 Å². The van der Waals surface area contributed by atoms with Gasteiger partial charge in [0, 0.05) is 4.98 Å². The Morgan fingerprint density at radius 2 is 2.00 bits per heavy atom. The summed E-state index contributed by atoms with van der Waals surface area (Å²) in [6, 6.07) is 8.25. The maximum Gasteiger partial charge on any atom is 0.414 e. The Morgan fingerprint density at radius 3 is 2.75 bits per heavy atom. The van der Waals surface area contributed by atoms with E-state index in [1.807, 2.05) is 24.3 Å². The molecule has 0 bridgehead atoms. The van der Waals surface area contributed by atoms with Crippen LogP contribution in [0.3, 0.4) is 0 Å². The minimum Gasteiger partial charge on any atom is -0.493 e. The zero-order valence-electron chi connectivity index (χ0n) is 15.8. The van der Waals surface area contributed by atoms with E-state index in [-0.39, 0.29) is 17.9 Å². The molecule has 150 valence electrons. The Labute approximate surface area is 163 Å². The number of nitro groups is 1. The fourth-order valence-electron chi connectivity index (χ4n) is 3.72. The van der Waals surface area contributed by atoms with Gasteiger partial charge in [-0.25, -0.2) is 0 Å². The number of aromatic nitrogens is 2. The Hall–Kier alpha value is -2.61. The van der Waals surface area contributed by atoms with Gasteiger partial charge in [0.15, 0.2) is 0 Å². The summed E-state index contributed by atoms with van der Waals surface area (Å²) in [4.78, 5) is 14.1. The molecule has 8 heteroatoms. The number of rotatable bonds is 7. The zero-order chi connectivity index (χ0) is 19.3. The lowest BCUT2D eigenvalue weighted by atomic mass is 9.90. The third kappa shape index (κ3) is 4.62. The molecule has 0 amide bonds. The van der Waals surface area contributed by atoms with E-state index in [0.29, 0.717) is 25.7 Å². The fraction of sp³-hybridized carbons (Fsp3) is 0.550. The van der Waals surface area contributed by atoms with E-state index in [4.69, 9.17) is 14.2 Å². The number of hydrogen-bond donors (Lipinski definition) is 0. The third-order valence-corrected chi connectivity index (χ3v) is 5.33. The van der Waals surface area contributed by atoms with E-state index in [0.717, 1.165) is 17.9 Å². The predicted molar refractivity (Wildman–Crippen MR) is 101 cm³/mol. The van der Waals surface area contributed by atoms with E-state index in [2.05, 4.69) is 4.98 Å². The Morgan fingerprint density at radius 1 is 1.21 bits per heavy atom. The molecule has 1 aromatic heterocycles. The van der Waals surface area contributed by atoms with Crippen molar-refractivity contribution in [2.75, 3.05) is 13.2 Å². The normalized spacial score (nSPS) is 19.6. The zero-order valence-corrected chi connectivity index (χ0v) is 15.8. The first-order valence-electron chi connectivity index (χ1n) is 9.85. The van der Waals surface area contributed by atoms with Gasteiger partial charge >= 0.3 is 11.8 Å². The molecule has 1 aliphatic carbocycles. The molecule has 2 aliphatic rings. The average Bonchev–Trinajstić information content (AvgIpc) is 3.16. The molecule has 1 unspecified atom stereocenters. The van der Waals surface area contributed by atoms with E-state index >= 15 is 0 Å². The van der Waals surface area contributed by atoms with Crippen molar-refractivity contribution in [3.63, 3.8) is 0 Å². The highest BCUT2D eigenvalue weighted by Gasteiger charge is 2.28. The molecule has 4 rings (SSSR count). The van der Waals surface area contributed by atoms with Gasteiger partial charge in [-0.1, -0.05) is 31.4 Å². The van der Waals surface area contributed by atoms with Crippen LogP contribution >= 0.6 is 0 Å². The summed E-state index contributed by atoms with van der Waals surface area (Å²) in [6.45, 7) is 2.06. The predicted octanol–water partition coefficient (Wildman–Crippen LogP) is 3.73. The van der Waals surface area contributed by atoms with Gasteiger partial charge in [0.05, 0.1) is 19.8 Å². The summed E-state index contributed by atoms with van der Waals surface area (Å²) in [5.74, 6) is 1.37. The molecule has 8 nitrogen and oxygen atoms in total. The molecule has 0 radical (unpaired) electrons. The van der Waals surface area contributed by atoms with Gasteiger partial charge in [-0.05, 0) is 41.4 Å². The molecule has 1 fully saturated rings. The summed E-state index contributed by atoms with van der Waals surface area (Å²) in [7, 11) is 0. The minimum absolute atomic E-state index is 0.177. The Bertz CT molecular complexity index is 799. The number of ether oxygens (including phenoxy) is 3. The number of fused-ring (bicyclic) bond motifs is 1. The average molecular weight is 387 g/mol. The molecule has 1 aliphatic heterocycles. The monoisotopic (exact) mass is 387 g/mol. The van der Waals surface area contributed by atoms with Gasteiger partial charge in [0.2, 0.25) is 0 Å². The molecule has 1 aromatic carbocycles. The van der Waals surface area contributed by atoms with Crippen LogP contribution < -0.4 is 9.47 Å². The number of imidazole rings is 1. The summed E-state index contributed by atoms with van der Waals surface area (Å²) in [5.41, 5.74) is 1.05. The molecule has 0 spiro atoms. The maximum absolute atomic E-state index is 10.8. The van der Waals surface area contributed by atoms with Crippen LogP contribution in [0.15, 0.2) is 30.5 Å². The van der Waals surface area contributed by atoms with Crippen LogP contribution in [0.25, 0.3) is 0 Å². The van der Waals surface area contributed by atoms with Gasteiger partial charge in [-0.3, -0.25) is 4.57 Å². The lowest BCUT2D eigenvalue weighted by Crippen LogP contribution is -2.32. The maximum atomic E-state index is 10.8. The largest absolute Gasteiger partial charge is 0.493 e. The van der Waals surface area contributed by atoms with Crippen molar-refractivity contribution in [2.45, 2.75) is 51.4 Å². The molecule has 0 N–H and O–H groups in total. The van der Waals surface area contributed by atoms with Gasteiger partial charge < -0.3 is 24.3 Å². The summed E-state index contributed by atoms with van der Waals surface area (Å²) < 4.78 is 18.9. The van der Waals surface area contributed by atoms with Crippen LogP contribution in [-0.4, -0.2) is 33.8 Å². The van der Waals surface area contributed by atoms with E-state index in [9.17, 15) is 10.1 Å². The van der Waals surface area contributed by atoms with Gasteiger partial charge in [-0.15, -0.1) is 0 Å². The molecule has 0 saturated heterocycles. The van der Waals surface area contributed by atoms with Gasteiger partial charge in [0.25, 0.3) is 0 Å². The first-order chi connectivity index (χ1) is 13.7. The summed E-state index contributed by atoms with van der Waals surface area (Å²) in [6.07, 6.45) is 7.75. The van der Waals surface area contributed by atoms with Gasteiger partial charge in [0.1, 0.15) is 24.7 Å². The molecule has 1 atom stereocenters. The number of nitrogens with zero attached hydrogens (tertiary/aromatic N) is 3. The van der Waals surface area contributed by atoms with Crippen molar-refractivity contribution in [1.82, 2.24) is 9.55 Å². The Kier molecular flexibility index (Phi) is 5.76. The summed E-state index contributed by atoms with van der Waals surface area (Å²) in [5, 5.41) is 10.8. The molecular formula is C20H25N3O5. The molecular weight excluding hydrogens is 362 g/mol. The van der Waals surface area contributed by atoms with Crippen LogP contribution in [0, 0.1) is 16.0 Å². The van der Waals surface area contributed by atoms with Crippen LogP contribution in [0.1, 0.15) is 37.7 Å². The second-order valence-electron chi connectivity index (χ2n) is 7.49. The molecule has 1 saturated carbocycles. The highest BCUT2D eigenvalue weighted by atomic mass is 16.6. The second-order valence-corrected chi connectivity index (χ2v) is 7.49. The first-order valence-corrected chi connectivity index (χ1v) is 9.85. The number of hydrogen-bond acceptors (Lipinski definition) is 6. The third-order valence-electron chi connectivity index (χ3n) is 5.33. The van der Waals surface area contributed by atoms with E-state index in [1.54, 1.807) is 4.57 Å². The second kappa shape index (κ2) is 8.60. The van der Waals surface area contributed by atoms with E-state index in [1.165, 1.54) is 38.3 Å². The van der Waals surface area contributed by atoms with Crippen molar-refractivity contribution < 1.29 is 19.1 Å². The van der Waals surface area contributed by atoms with Crippen LogP contribution in [0.5, 0.6) is 11.8 Å². The first kappa shape index (κ1) is 18.7. The molecule has 2 heterocycles. The SMILES string of the molecule is O=[N+]([O-])c1cn2c(n1)OCC(OCc1ccc(OCC3CCCCC3)cc1)C2. The van der Waals surface area contributed by atoms with Crippen molar-refractivity contribution in [2.24, 2.45) is 5.92 Å². The number of benzene rings is 1. The smallest absolute Gasteiger partial charge is 0.414 e. The van der Waals surface area contributed by atoms with Crippen molar-refractivity contribution in [1.29, 1.82) is 0 Å². The van der Waals surface area contributed by atoms with E-state index < -0.39 is 4.92 Å². The fourth-order valence-corrected chi connectivity index (χ4v) is 3.72. The highest BCUT2D eigenvalue weighted by molar-refractivity contribution is 5.27. The minimum atomic E-state index is -0.525. The van der Waals surface area contributed by atoms with Crippen LogP contribution in [-0.2, 0) is 17.9 Å². The molecule has 2 aromatic rings. The van der Waals surface area contributed by atoms with Crippen LogP contribution in [0.2, 0.25) is 0 Å². The lowest BCUT2D eigenvalue weighted by Gasteiger charge is -2.22. The standard InChI is InChI=1S/C20H25N3O5/c24-23(25)19-11-22-10-18(14-28-20(22)21-19)27-13-16-6-8-17(9-7-16)26-12-15-4-2-1-3-5-15/h6-9,11,15,18H,1-5,10,12-14H2. The van der Waals surface area contributed by atoms with Crippen molar-refractivity contribution >= 4 is 5.82 Å². The highest BCUT2D eigenvalue weighted by Crippen LogP contribution is 2.25. The van der Waals surface area contributed by atoms with Gasteiger partial charge in [-0.2, -0.15) is 0 Å². The lowest BCUT2D eigenvalue weighted by molar-refractivity contribution is -0.389. The molecule has 28 heavy (non-hydrogen) atoms. The van der Waals surface area contributed by atoms with Crippen molar-refractivity contribution in [3.8, 4) is 11.8 Å². The van der Waals surface area contributed by atoms with Crippen LogP contribution in [0.4, 0.5) is 5.82 Å². The van der Waals surface area contributed by atoms with Crippen molar-refractivity contribution in [3.05, 3.63) is 46.1 Å². The Balaban J connectivity index is 1.24.